The van der Waals surface area contributed by atoms with E-state index in [1.165, 1.54) is 0 Å². The molecule has 2 N–H and O–H groups in total. The van der Waals surface area contributed by atoms with Gasteiger partial charge in [-0.25, -0.2) is 4.79 Å². The molecule has 1 atom stereocenters. The number of esters is 1. The van der Waals surface area contributed by atoms with Crippen LogP contribution in [0.3, 0.4) is 0 Å². The molecule has 1 fully saturated rings. The highest BCUT2D eigenvalue weighted by molar-refractivity contribution is 7.99. The molecule has 6 heteroatoms. The molecule has 0 radical (unpaired) electrons. The molecule has 1 aliphatic rings. The molecule has 1 heterocycles. The summed E-state index contributed by atoms with van der Waals surface area (Å²) in [6.07, 6.45) is 0. The Morgan fingerprint density at radius 2 is 2.24 bits per heavy atom. The molecule has 1 unspecified atom stereocenters. The Morgan fingerprint density at radius 3 is 2.90 bits per heavy atom. The number of carbonyl (C=O) groups excluding carboxylic acids is 2. The average Bonchev–Trinajstić information content (AvgIpc) is 2.47. The predicted molar refractivity (Wildman–Crippen MR) is 84.4 cm³/mol. The first-order chi connectivity index (χ1) is 10.0. The number of nitrogens with zero attached hydrogens (tertiary/aromatic N) is 1. The second-order valence-electron chi connectivity index (χ2n) is 4.92. The van der Waals surface area contributed by atoms with Gasteiger partial charge in [-0.2, -0.15) is 11.8 Å². The van der Waals surface area contributed by atoms with Gasteiger partial charge in [0.1, 0.15) is 6.04 Å². The average molecular weight is 308 g/mol. The first-order valence-corrected chi connectivity index (χ1v) is 8.11. The largest absolute Gasteiger partial charge is 0.464 e. The zero-order valence-electron chi connectivity index (χ0n) is 12.3. The molecule has 0 saturated carbocycles. The molecule has 0 spiro atoms. The van der Waals surface area contributed by atoms with Crippen LogP contribution in [0.1, 0.15) is 22.8 Å². The fourth-order valence-electron chi connectivity index (χ4n) is 2.36. The fourth-order valence-corrected chi connectivity index (χ4v) is 3.39. The van der Waals surface area contributed by atoms with Crippen molar-refractivity contribution in [3.63, 3.8) is 0 Å². The maximum Gasteiger partial charge on any atom is 0.329 e. The van der Waals surface area contributed by atoms with Crippen molar-refractivity contribution in [2.24, 2.45) is 0 Å². The van der Waals surface area contributed by atoms with Gasteiger partial charge in [0, 0.05) is 29.3 Å². The van der Waals surface area contributed by atoms with Crippen LogP contribution in [0.4, 0.5) is 5.69 Å². The topological polar surface area (TPSA) is 72.6 Å². The molecule has 1 aliphatic heterocycles. The van der Waals surface area contributed by atoms with Gasteiger partial charge in [-0.3, -0.25) is 4.79 Å². The van der Waals surface area contributed by atoms with Crippen molar-refractivity contribution < 1.29 is 14.3 Å². The smallest absolute Gasteiger partial charge is 0.329 e. The molecular weight excluding hydrogens is 288 g/mol. The molecular formula is C15H20N2O3S. The molecule has 1 amide bonds. The lowest BCUT2D eigenvalue weighted by atomic mass is 10.1. The molecule has 114 valence electrons. The fraction of sp³-hybridized carbons (Fsp3) is 0.467. The number of carbonyl (C=O) groups is 2. The lowest BCUT2D eigenvalue weighted by molar-refractivity contribution is -0.147. The Labute approximate surface area is 128 Å². The van der Waals surface area contributed by atoms with Crippen LogP contribution in [-0.2, 0) is 9.53 Å². The lowest BCUT2D eigenvalue weighted by Crippen LogP contribution is -2.51. The van der Waals surface area contributed by atoms with Gasteiger partial charge in [0.05, 0.1) is 6.61 Å². The number of nitrogens with two attached hydrogens (primary N) is 1. The Hall–Kier alpha value is -1.69. The molecule has 1 aromatic rings. The van der Waals surface area contributed by atoms with Crippen LogP contribution in [0.5, 0.6) is 0 Å². The molecule has 1 aromatic carbocycles. The first kappa shape index (κ1) is 15.7. The van der Waals surface area contributed by atoms with E-state index in [1.807, 2.05) is 6.92 Å². The van der Waals surface area contributed by atoms with E-state index >= 15 is 0 Å². The summed E-state index contributed by atoms with van der Waals surface area (Å²) in [7, 11) is 0. The quantitative estimate of drug-likeness (QED) is 0.679. The van der Waals surface area contributed by atoms with Gasteiger partial charge in [0.25, 0.3) is 5.91 Å². The van der Waals surface area contributed by atoms with E-state index < -0.39 is 6.04 Å². The number of anilines is 1. The highest BCUT2D eigenvalue weighted by Gasteiger charge is 2.34. The number of benzene rings is 1. The van der Waals surface area contributed by atoms with E-state index in [0.717, 1.165) is 11.3 Å². The predicted octanol–water partition coefficient (Wildman–Crippen LogP) is 1.70. The highest BCUT2D eigenvalue weighted by Crippen LogP contribution is 2.22. The molecule has 21 heavy (non-hydrogen) atoms. The number of hydrogen-bond acceptors (Lipinski definition) is 5. The van der Waals surface area contributed by atoms with Gasteiger partial charge >= 0.3 is 5.97 Å². The molecule has 2 rings (SSSR count). The monoisotopic (exact) mass is 308 g/mol. The van der Waals surface area contributed by atoms with Crippen molar-refractivity contribution >= 4 is 29.3 Å². The Balaban J connectivity index is 2.24. The SMILES string of the molecule is CCOC(=O)C1CSCCN1C(=O)c1ccc(N)cc1C. The van der Waals surface area contributed by atoms with E-state index in [-0.39, 0.29) is 11.9 Å². The Morgan fingerprint density at radius 1 is 1.48 bits per heavy atom. The summed E-state index contributed by atoms with van der Waals surface area (Å²) in [5.74, 6) is 0.950. The van der Waals surface area contributed by atoms with Crippen molar-refractivity contribution in [1.29, 1.82) is 0 Å². The number of hydrogen-bond donors (Lipinski definition) is 1. The first-order valence-electron chi connectivity index (χ1n) is 6.96. The summed E-state index contributed by atoms with van der Waals surface area (Å²) in [6, 6.07) is 4.69. The van der Waals surface area contributed by atoms with Crippen molar-refractivity contribution in [2.75, 3.05) is 30.4 Å². The summed E-state index contributed by atoms with van der Waals surface area (Å²) in [4.78, 5) is 26.4. The Kier molecular flexibility index (Phi) is 5.12. The third-order valence-corrected chi connectivity index (χ3v) is 4.45. The Bertz CT molecular complexity index is 548. The van der Waals surface area contributed by atoms with Gasteiger partial charge in [-0.1, -0.05) is 0 Å². The number of nitrogen functional groups attached to an aromatic ring is 1. The lowest BCUT2D eigenvalue weighted by Gasteiger charge is -2.34. The van der Waals surface area contributed by atoms with Crippen molar-refractivity contribution in [2.45, 2.75) is 19.9 Å². The van der Waals surface area contributed by atoms with Gasteiger partial charge in [-0.15, -0.1) is 0 Å². The molecule has 1 saturated heterocycles. The third-order valence-electron chi connectivity index (χ3n) is 3.43. The summed E-state index contributed by atoms with van der Waals surface area (Å²) < 4.78 is 5.08. The standard InChI is InChI=1S/C15H20N2O3S/c1-3-20-15(19)13-9-21-7-6-17(13)14(18)12-5-4-11(16)8-10(12)2/h4-5,8,13H,3,6-7,9,16H2,1-2H3. The van der Waals surface area contributed by atoms with Crippen molar-refractivity contribution in [3.8, 4) is 0 Å². The maximum atomic E-state index is 12.7. The van der Waals surface area contributed by atoms with E-state index in [4.69, 9.17) is 10.5 Å². The molecule has 5 nitrogen and oxygen atoms in total. The van der Waals surface area contributed by atoms with Gasteiger partial charge in [-0.05, 0) is 37.6 Å². The zero-order valence-corrected chi connectivity index (χ0v) is 13.1. The van der Waals surface area contributed by atoms with Gasteiger partial charge in [0.2, 0.25) is 0 Å². The summed E-state index contributed by atoms with van der Waals surface area (Å²) in [6.45, 7) is 4.49. The van der Waals surface area contributed by atoms with E-state index in [0.29, 0.717) is 30.2 Å². The van der Waals surface area contributed by atoms with Crippen molar-refractivity contribution in [1.82, 2.24) is 4.90 Å². The highest BCUT2D eigenvalue weighted by atomic mass is 32.2. The number of rotatable bonds is 3. The van der Waals surface area contributed by atoms with Crippen LogP contribution < -0.4 is 5.73 Å². The second kappa shape index (κ2) is 6.85. The van der Waals surface area contributed by atoms with Gasteiger partial charge in [0.15, 0.2) is 0 Å². The molecule has 0 aromatic heterocycles. The van der Waals surface area contributed by atoms with E-state index in [9.17, 15) is 9.59 Å². The second-order valence-corrected chi connectivity index (χ2v) is 6.07. The minimum Gasteiger partial charge on any atom is -0.464 e. The van der Waals surface area contributed by atoms with Crippen LogP contribution in [0, 0.1) is 6.92 Å². The number of thioether (sulfide) groups is 1. The number of amides is 1. The van der Waals surface area contributed by atoms with E-state index in [1.54, 1.807) is 41.8 Å². The van der Waals surface area contributed by atoms with Crippen LogP contribution in [0.25, 0.3) is 0 Å². The van der Waals surface area contributed by atoms with Crippen LogP contribution >= 0.6 is 11.8 Å². The summed E-state index contributed by atoms with van der Waals surface area (Å²) >= 11 is 1.67. The maximum absolute atomic E-state index is 12.7. The third kappa shape index (κ3) is 3.50. The summed E-state index contributed by atoms with van der Waals surface area (Å²) in [5.41, 5.74) is 7.75. The normalized spacial score (nSPS) is 18.4. The minimum absolute atomic E-state index is 0.133. The molecule has 0 aliphatic carbocycles. The molecule has 0 bridgehead atoms. The van der Waals surface area contributed by atoms with Crippen LogP contribution in [-0.4, -0.2) is 47.5 Å². The van der Waals surface area contributed by atoms with Crippen molar-refractivity contribution in [3.05, 3.63) is 29.3 Å². The zero-order chi connectivity index (χ0) is 15.4. The van der Waals surface area contributed by atoms with Crippen LogP contribution in [0.2, 0.25) is 0 Å². The number of ether oxygens (including phenoxy) is 1. The summed E-state index contributed by atoms with van der Waals surface area (Å²) in [5, 5.41) is 0. The van der Waals surface area contributed by atoms with Gasteiger partial charge < -0.3 is 15.4 Å². The minimum atomic E-state index is -0.506. The van der Waals surface area contributed by atoms with E-state index in [2.05, 4.69) is 0 Å². The van der Waals surface area contributed by atoms with Crippen LogP contribution in [0.15, 0.2) is 18.2 Å². The number of aryl methyl sites for hydroxylation is 1.